The molecule has 0 heterocycles. The predicted molar refractivity (Wildman–Crippen MR) is 55.2 cm³/mol. The maximum absolute atomic E-state index is 10.9. The number of amides is 2. The van der Waals surface area contributed by atoms with E-state index in [0.717, 1.165) is 11.1 Å². The first-order valence-corrected chi connectivity index (χ1v) is 4.58. The van der Waals surface area contributed by atoms with Crippen molar-refractivity contribution in [3.8, 4) is 0 Å². The third-order valence-corrected chi connectivity index (χ3v) is 1.77. The fourth-order valence-electron chi connectivity index (χ4n) is 1.01. The monoisotopic (exact) mass is 207 g/mol. The standard InChI is InChI=1S/C11H13NO3/c1-8-3-5-10(6-4-8)7-15-11(14)12-9(2)13/h3-6H,7H2,1-2H3,(H,12,13,14). The molecular weight excluding hydrogens is 194 g/mol. The molecule has 0 spiro atoms. The molecule has 0 aliphatic rings. The van der Waals surface area contributed by atoms with Crippen LogP contribution in [0.2, 0.25) is 0 Å². The Morgan fingerprint density at radius 3 is 2.40 bits per heavy atom. The van der Waals surface area contributed by atoms with E-state index in [0.29, 0.717) is 0 Å². The molecule has 0 aliphatic carbocycles. The molecular formula is C11H13NO3. The lowest BCUT2D eigenvalue weighted by Gasteiger charge is -2.04. The average Bonchev–Trinajstić information content (AvgIpc) is 2.16. The fraction of sp³-hybridized carbons (Fsp3) is 0.273. The molecule has 0 aliphatic heterocycles. The summed E-state index contributed by atoms with van der Waals surface area (Å²) in [6, 6.07) is 7.61. The van der Waals surface area contributed by atoms with Gasteiger partial charge in [0.1, 0.15) is 6.61 Å². The highest BCUT2D eigenvalue weighted by Gasteiger charge is 2.03. The number of rotatable bonds is 2. The summed E-state index contributed by atoms with van der Waals surface area (Å²) in [5.41, 5.74) is 2.03. The Labute approximate surface area is 88.2 Å². The van der Waals surface area contributed by atoms with Crippen LogP contribution in [0.5, 0.6) is 0 Å². The van der Waals surface area contributed by atoms with Gasteiger partial charge in [-0.3, -0.25) is 10.1 Å². The topological polar surface area (TPSA) is 55.4 Å². The van der Waals surface area contributed by atoms with E-state index in [4.69, 9.17) is 4.74 Å². The van der Waals surface area contributed by atoms with E-state index in [9.17, 15) is 9.59 Å². The molecule has 0 saturated heterocycles. The second-order valence-electron chi connectivity index (χ2n) is 3.24. The molecule has 0 aromatic heterocycles. The zero-order chi connectivity index (χ0) is 11.3. The Balaban J connectivity index is 2.40. The molecule has 2 amide bonds. The summed E-state index contributed by atoms with van der Waals surface area (Å²) in [4.78, 5) is 21.4. The van der Waals surface area contributed by atoms with Gasteiger partial charge in [-0.2, -0.15) is 0 Å². The molecule has 1 aromatic rings. The quantitative estimate of drug-likeness (QED) is 0.804. The lowest BCUT2D eigenvalue weighted by Crippen LogP contribution is -2.28. The minimum atomic E-state index is -0.719. The van der Waals surface area contributed by atoms with Crippen LogP contribution in [0.3, 0.4) is 0 Å². The number of alkyl carbamates (subject to hydrolysis) is 1. The Hall–Kier alpha value is -1.84. The van der Waals surface area contributed by atoms with Crippen LogP contribution in [0.25, 0.3) is 0 Å². The highest BCUT2D eigenvalue weighted by molar-refractivity contribution is 5.90. The number of carbonyl (C=O) groups is 2. The number of nitrogens with one attached hydrogen (secondary N) is 1. The highest BCUT2D eigenvalue weighted by atomic mass is 16.5. The second kappa shape index (κ2) is 5.14. The third-order valence-electron chi connectivity index (χ3n) is 1.77. The van der Waals surface area contributed by atoms with Crippen molar-refractivity contribution >= 4 is 12.0 Å². The molecule has 0 atom stereocenters. The largest absolute Gasteiger partial charge is 0.444 e. The molecule has 0 saturated carbocycles. The Morgan fingerprint density at radius 2 is 1.87 bits per heavy atom. The van der Waals surface area contributed by atoms with Crippen molar-refractivity contribution in [3.05, 3.63) is 35.4 Å². The normalized spacial score (nSPS) is 9.47. The summed E-state index contributed by atoms with van der Waals surface area (Å²) < 4.78 is 4.81. The van der Waals surface area contributed by atoms with E-state index >= 15 is 0 Å². The van der Waals surface area contributed by atoms with Crippen LogP contribution in [-0.2, 0) is 16.1 Å². The van der Waals surface area contributed by atoms with Crippen molar-refractivity contribution in [2.24, 2.45) is 0 Å². The second-order valence-corrected chi connectivity index (χ2v) is 3.24. The van der Waals surface area contributed by atoms with Crippen molar-refractivity contribution in [1.29, 1.82) is 0 Å². The molecule has 4 heteroatoms. The van der Waals surface area contributed by atoms with Gasteiger partial charge in [0.05, 0.1) is 0 Å². The van der Waals surface area contributed by atoms with Crippen LogP contribution in [0.1, 0.15) is 18.1 Å². The van der Waals surface area contributed by atoms with E-state index in [2.05, 4.69) is 0 Å². The van der Waals surface area contributed by atoms with Gasteiger partial charge in [-0.1, -0.05) is 29.8 Å². The van der Waals surface area contributed by atoms with Gasteiger partial charge in [-0.25, -0.2) is 4.79 Å². The van der Waals surface area contributed by atoms with Gasteiger partial charge in [0.2, 0.25) is 5.91 Å². The van der Waals surface area contributed by atoms with E-state index < -0.39 is 12.0 Å². The molecule has 4 nitrogen and oxygen atoms in total. The van der Waals surface area contributed by atoms with Crippen LogP contribution in [-0.4, -0.2) is 12.0 Å². The molecule has 0 radical (unpaired) electrons. The molecule has 1 N–H and O–H groups in total. The number of benzene rings is 1. The Bertz CT molecular complexity index is 357. The first kappa shape index (κ1) is 11.2. The summed E-state index contributed by atoms with van der Waals surface area (Å²) in [5.74, 6) is -0.427. The summed E-state index contributed by atoms with van der Waals surface area (Å²) in [7, 11) is 0. The number of carbonyl (C=O) groups excluding carboxylic acids is 2. The lowest BCUT2D eigenvalue weighted by atomic mass is 10.2. The maximum Gasteiger partial charge on any atom is 0.414 e. The van der Waals surface area contributed by atoms with Gasteiger partial charge in [-0.15, -0.1) is 0 Å². The molecule has 0 unspecified atom stereocenters. The van der Waals surface area contributed by atoms with Gasteiger partial charge in [0, 0.05) is 6.92 Å². The number of aryl methyl sites for hydroxylation is 1. The Morgan fingerprint density at radius 1 is 1.27 bits per heavy atom. The average molecular weight is 207 g/mol. The van der Waals surface area contributed by atoms with Crippen molar-refractivity contribution < 1.29 is 14.3 Å². The van der Waals surface area contributed by atoms with Crippen LogP contribution < -0.4 is 5.32 Å². The van der Waals surface area contributed by atoms with E-state index in [1.807, 2.05) is 36.5 Å². The first-order valence-electron chi connectivity index (χ1n) is 4.58. The minimum Gasteiger partial charge on any atom is -0.444 e. The van der Waals surface area contributed by atoms with Crippen LogP contribution in [0, 0.1) is 6.92 Å². The predicted octanol–water partition coefficient (Wildman–Crippen LogP) is 1.77. The van der Waals surface area contributed by atoms with Gasteiger partial charge in [0.15, 0.2) is 0 Å². The van der Waals surface area contributed by atoms with E-state index in [1.54, 1.807) is 0 Å². The van der Waals surface area contributed by atoms with Crippen LogP contribution >= 0.6 is 0 Å². The molecule has 80 valence electrons. The third kappa shape index (κ3) is 4.26. The van der Waals surface area contributed by atoms with E-state index in [1.165, 1.54) is 6.92 Å². The van der Waals surface area contributed by atoms with Crippen molar-refractivity contribution in [2.45, 2.75) is 20.5 Å². The zero-order valence-corrected chi connectivity index (χ0v) is 8.74. The van der Waals surface area contributed by atoms with Gasteiger partial charge in [-0.05, 0) is 12.5 Å². The summed E-state index contributed by atoms with van der Waals surface area (Å²) in [5, 5.41) is 2.02. The molecule has 0 fully saturated rings. The van der Waals surface area contributed by atoms with E-state index in [-0.39, 0.29) is 6.61 Å². The van der Waals surface area contributed by atoms with Crippen molar-refractivity contribution in [2.75, 3.05) is 0 Å². The fourth-order valence-corrected chi connectivity index (χ4v) is 1.01. The van der Waals surface area contributed by atoms with Gasteiger partial charge >= 0.3 is 6.09 Å². The minimum absolute atomic E-state index is 0.166. The first-order chi connectivity index (χ1) is 7.08. The van der Waals surface area contributed by atoms with Gasteiger partial charge < -0.3 is 4.74 Å². The SMILES string of the molecule is CC(=O)NC(=O)OCc1ccc(C)cc1. The highest BCUT2D eigenvalue weighted by Crippen LogP contribution is 2.04. The van der Waals surface area contributed by atoms with Gasteiger partial charge in [0.25, 0.3) is 0 Å². The smallest absolute Gasteiger partial charge is 0.414 e. The number of hydrogen-bond donors (Lipinski definition) is 1. The van der Waals surface area contributed by atoms with Crippen LogP contribution in [0.4, 0.5) is 4.79 Å². The number of hydrogen-bond acceptors (Lipinski definition) is 3. The molecule has 0 bridgehead atoms. The van der Waals surface area contributed by atoms with Crippen molar-refractivity contribution in [3.63, 3.8) is 0 Å². The zero-order valence-electron chi connectivity index (χ0n) is 8.74. The molecule has 1 aromatic carbocycles. The molecule has 15 heavy (non-hydrogen) atoms. The van der Waals surface area contributed by atoms with Crippen molar-refractivity contribution in [1.82, 2.24) is 5.32 Å². The summed E-state index contributed by atoms with van der Waals surface area (Å²) >= 11 is 0. The Kier molecular flexibility index (Phi) is 3.85. The number of imide groups is 1. The lowest BCUT2D eigenvalue weighted by molar-refractivity contribution is -0.118. The summed E-state index contributed by atoms with van der Waals surface area (Å²) in [6.07, 6.45) is -0.719. The molecule has 1 rings (SSSR count). The number of ether oxygens (including phenoxy) is 1. The summed E-state index contributed by atoms with van der Waals surface area (Å²) in [6.45, 7) is 3.40. The maximum atomic E-state index is 10.9. The van der Waals surface area contributed by atoms with Crippen LogP contribution in [0.15, 0.2) is 24.3 Å².